The van der Waals surface area contributed by atoms with Gasteiger partial charge in [0.05, 0.1) is 26.1 Å². The molecule has 1 amide bonds. The Balaban J connectivity index is 1.96. The molecule has 0 bridgehead atoms. The fraction of sp³-hybridized carbons (Fsp3) is 0.500. The third-order valence-electron chi connectivity index (χ3n) is 3.75. The van der Waals surface area contributed by atoms with E-state index in [0.29, 0.717) is 19.5 Å². The molecule has 1 N–H and O–H groups in total. The van der Waals surface area contributed by atoms with Crippen LogP contribution in [0.15, 0.2) is 24.3 Å². The van der Waals surface area contributed by atoms with E-state index in [0.717, 1.165) is 25.1 Å². The van der Waals surface area contributed by atoms with Crippen LogP contribution in [0.4, 0.5) is 0 Å². The van der Waals surface area contributed by atoms with Crippen LogP contribution in [0.3, 0.4) is 0 Å². The molecule has 1 aromatic rings. The second kappa shape index (κ2) is 7.65. The van der Waals surface area contributed by atoms with Crippen molar-refractivity contribution < 1.29 is 9.53 Å². The first-order chi connectivity index (χ1) is 10.2. The number of carbonyl (C=O) groups is 1. The van der Waals surface area contributed by atoms with Crippen molar-refractivity contribution in [1.82, 2.24) is 10.2 Å². The SMILES string of the molecule is COc1cccc(C2CCCN2CC(=O)NCCC#N)c1. The Morgan fingerprint density at radius 3 is 3.19 bits per heavy atom. The van der Waals surface area contributed by atoms with Gasteiger partial charge in [0.15, 0.2) is 0 Å². The molecule has 1 unspecified atom stereocenters. The predicted octanol–water partition coefficient (Wildman–Crippen LogP) is 1.86. The Kier molecular flexibility index (Phi) is 5.59. The molecule has 0 spiro atoms. The van der Waals surface area contributed by atoms with Crippen LogP contribution in [0.2, 0.25) is 0 Å². The number of nitriles is 1. The first-order valence-electron chi connectivity index (χ1n) is 7.26. The number of methoxy groups -OCH3 is 1. The van der Waals surface area contributed by atoms with E-state index in [2.05, 4.69) is 16.3 Å². The lowest BCUT2D eigenvalue weighted by Crippen LogP contribution is -2.37. The van der Waals surface area contributed by atoms with Gasteiger partial charge in [-0.3, -0.25) is 9.69 Å². The van der Waals surface area contributed by atoms with Gasteiger partial charge in [0.2, 0.25) is 5.91 Å². The maximum atomic E-state index is 11.9. The molecule has 1 aliphatic rings. The average Bonchev–Trinajstić information content (AvgIpc) is 2.95. The topological polar surface area (TPSA) is 65.4 Å². The van der Waals surface area contributed by atoms with Crippen LogP contribution in [0.25, 0.3) is 0 Å². The number of rotatable bonds is 6. The number of nitrogens with zero attached hydrogens (tertiary/aromatic N) is 2. The highest BCUT2D eigenvalue weighted by Crippen LogP contribution is 2.32. The van der Waals surface area contributed by atoms with Gasteiger partial charge in [-0.15, -0.1) is 0 Å². The molecule has 1 heterocycles. The summed E-state index contributed by atoms with van der Waals surface area (Å²) < 4.78 is 5.27. The van der Waals surface area contributed by atoms with Crippen molar-refractivity contribution in [3.63, 3.8) is 0 Å². The van der Waals surface area contributed by atoms with E-state index >= 15 is 0 Å². The monoisotopic (exact) mass is 287 g/mol. The van der Waals surface area contributed by atoms with Gasteiger partial charge < -0.3 is 10.1 Å². The predicted molar refractivity (Wildman–Crippen MR) is 79.8 cm³/mol. The summed E-state index contributed by atoms with van der Waals surface area (Å²) in [6.07, 6.45) is 2.50. The minimum Gasteiger partial charge on any atom is -0.497 e. The quantitative estimate of drug-likeness (QED) is 0.811. The zero-order chi connectivity index (χ0) is 15.1. The van der Waals surface area contributed by atoms with Crippen LogP contribution in [0.5, 0.6) is 5.75 Å². The molecule has 21 heavy (non-hydrogen) atoms. The third kappa shape index (κ3) is 4.20. The van der Waals surface area contributed by atoms with Crippen LogP contribution < -0.4 is 10.1 Å². The van der Waals surface area contributed by atoms with Crippen molar-refractivity contribution >= 4 is 5.91 Å². The first kappa shape index (κ1) is 15.3. The van der Waals surface area contributed by atoms with Crippen LogP contribution in [0.1, 0.15) is 30.9 Å². The van der Waals surface area contributed by atoms with Gasteiger partial charge in [-0.25, -0.2) is 0 Å². The lowest BCUT2D eigenvalue weighted by Gasteiger charge is -2.24. The minimum absolute atomic E-state index is 0.0138. The van der Waals surface area contributed by atoms with Crippen LogP contribution in [0, 0.1) is 11.3 Å². The van der Waals surface area contributed by atoms with E-state index in [-0.39, 0.29) is 11.9 Å². The smallest absolute Gasteiger partial charge is 0.234 e. The van der Waals surface area contributed by atoms with Crippen LogP contribution >= 0.6 is 0 Å². The molecule has 1 saturated heterocycles. The maximum Gasteiger partial charge on any atom is 0.234 e. The van der Waals surface area contributed by atoms with Crippen LogP contribution in [-0.2, 0) is 4.79 Å². The maximum absolute atomic E-state index is 11.9. The van der Waals surface area contributed by atoms with Gasteiger partial charge in [0.25, 0.3) is 0 Å². The third-order valence-corrected chi connectivity index (χ3v) is 3.75. The normalized spacial score (nSPS) is 18.2. The van der Waals surface area contributed by atoms with Crippen LogP contribution in [-0.4, -0.2) is 37.6 Å². The summed E-state index contributed by atoms with van der Waals surface area (Å²) in [5.41, 5.74) is 1.19. The molecule has 2 rings (SSSR count). The van der Waals surface area contributed by atoms with E-state index in [1.54, 1.807) is 7.11 Å². The van der Waals surface area contributed by atoms with Crippen molar-refractivity contribution in [1.29, 1.82) is 5.26 Å². The Morgan fingerprint density at radius 1 is 1.57 bits per heavy atom. The molecule has 5 nitrogen and oxygen atoms in total. The molecule has 1 atom stereocenters. The summed E-state index contributed by atoms with van der Waals surface area (Å²) in [5.74, 6) is 0.831. The zero-order valence-electron chi connectivity index (χ0n) is 12.3. The van der Waals surface area contributed by atoms with Crippen molar-refractivity contribution in [2.45, 2.75) is 25.3 Å². The number of nitrogens with one attached hydrogen (secondary N) is 1. The lowest BCUT2D eigenvalue weighted by molar-refractivity contribution is -0.122. The van der Waals surface area contributed by atoms with E-state index in [4.69, 9.17) is 10.00 Å². The number of ether oxygens (including phenoxy) is 1. The summed E-state index contributed by atoms with van der Waals surface area (Å²) >= 11 is 0. The van der Waals surface area contributed by atoms with Gasteiger partial charge in [-0.2, -0.15) is 5.26 Å². The molecule has 1 aromatic carbocycles. The van der Waals surface area contributed by atoms with Crippen molar-refractivity contribution in [3.05, 3.63) is 29.8 Å². The standard InChI is InChI=1S/C16H21N3O2/c1-21-14-6-2-5-13(11-14)15-7-3-10-19(15)12-16(20)18-9-4-8-17/h2,5-6,11,15H,3-4,7,9-10,12H2,1H3,(H,18,20). The molecule has 0 aromatic heterocycles. The Labute approximate surface area is 125 Å². The second-order valence-corrected chi connectivity index (χ2v) is 5.16. The van der Waals surface area contributed by atoms with E-state index < -0.39 is 0 Å². The minimum atomic E-state index is -0.0138. The van der Waals surface area contributed by atoms with Crippen molar-refractivity contribution in [2.75, 3.05) is 26.7 Å². The highest BCUT2D eigenvalue weighted by molar-refractivity contribution is 5.78. The van der Waals surface area contributed by atoms with E-state index in [9.17, 15) is 4.79 Å². The number of benzene rings is 1. The number of likely N-dealkylation sites (tertiary alicyclic amines) is 1. The molecule has 0 aliphatic carbocycles. The Bertz CT molecular complexity index is 524. The molecular formula is C16H21N3O2. The van der Waals surface area contributed by atoms with Gasteiger partial charge >= 0.3 is 0 Å². The molecular weight excluding hydrogens is 266 g/mol. The van der Waals surface area contributed by atoms with Gasteiger partial charge in [-0.05, 0) is 37.1 Å². The summed E-state index contributed by atoms with van der Waals surface area (Å²) in [6, 6.07) is 10.3. The van der Waals surface area contributed by atoms with E-state index in [1.807, 2.05) is 24.3 Å². The lowest BCUT2D eigenvalue weighted by atomic mass is 10.0. The highest BCUT2D eigenvalue weighted by Gasteiger charge is 2.27. The van der Waals surface area contributed by atoms with Gasteiger partial charge in [0.1, 0.15) is 5.75 Å². The molecule has 112 valence electrons. The second-order valence-electron chi connectivity index (χ2n) is 5.16. The van der Waals surface area contributed by atoms with Crippen molar-refractivity contribution in [2.24, 2.45) is 0 Å². The molecule has 0 saturated carbocycles. The Hall–Kier alpha value is -2.06. The summed E-state index contributed by atoms with van der Waals surface area (Å²) in [5, 5.41) is 11.3. The molecule has 1 aliphatic heterocycles. The number of hydrogen-bond acceptors (Lipinski definition) is 4. The van der Waals surface area contributed by atoms with Gasteiger partial charge in [-0.1, -0.05) is 12.1 Å². The summed E-state index contributed by atoms with van der Waals surface area (Å²) in [4.78, 5) is 14.1. The molecule has 1 fully saturated rings. The average molecular weight is 287 g/mol. The number of amides is 1. The number of carbonyl (C=O) groups excluding carboxylic acids is 1. The zero-order valence-corrected chi connectivity index (χ0v) is 12.3. The first-order valence-corrected chi connectivity index (χ1v) is 7.26. The molecule has 0 radical (unpaired) electrons. The summed E-state index contributed by atoms with van der Waals surface area (Å²) in [6.45, 7) is 1.73. The van der Waals surface area contributed by atoms with E-state index in [1.165, 1.54) is 5.56 Å². The number of hydrogen-bond donors (Lipinski definition) is 1. The largest absolute Gasteiger partial charge is 0.497 e. The fourth-order valence-electron chi connectivity index (χ4n) is 2.74. The van der Waals surface area contributed by atoms with Crippen molar-refractivity contribution in [3.8, 4) is 11.8 Å². The fourth-order valence-corrected chi connectivity index (χ4v) is 2.74. The van der Waals surface area contributed by atoms with Gasteiger partial charge in [0, 0.05) is 12.6 Å². The molecule has 5 heteroatoms. The Morgan fingerprint density at radius 2 is 2.43 bits per heavy atom. The highest BCUT2D eigenvalue weighted by atomic mass is 16.5. The summed E-state index contributed by atoms with van der Waals surface area (Å²) in [7, 11) is 1.66.